The predicted molar refractivity (Wildman–Crippen MR) is 61.8 cm³/mol. The molecule has 3 N–H and O–H groups in total. The van der Waals surface area contributed by atoms with Crippen molar-refractivity contribution in [3.05, 3.63) is 24.3 Å². The number of carbonyl (C=O) groups is 2. The molecule has 6 heteroatoms. The zero-order chi connectivity index (χ0) is 12.1. The Morgan fingerprint density at radius 1 is 1.59 bits per heavy atom. The lowest BCUT2D eigenvalue weighted by Crippen LogP contribution is -2.45. The number of hydrogen-bond acceptors (Lipinski definition) is 3. The van der Waals surface area contributed by atoms with E-state index in [9.17, 15) is 9.59 Å². The van der Waals surface area contributed by atoms with Crippen molar-refractivity contribution in [1.29, 1.82) is 0 Å². The summed E-state index contributed by atoms with van der Waals surface area (Å²) in [4.78, 5) is 29.4. The Kier molecular flexibility index (Phi) is 3.54. The van der Waals surface area contributed by atoms with Gasteiger partial charge in [0.1, 0.15) is 0 Å². The summed E-state index contributed by atoms with van der Waals surface area (Å²) < 4.78 is 0. The van der Waals surface area contributed by atoms with Crippen molar-refractivity contribution in [2.75, 3.05) is 6.54 Å². The number of carbonyl (C=O) groups excluding carboxylic acids is 2. The van der Waals surface area contributed by atoms with E-state index in [1.54, 1.807) is 18.6 Å². The smallest absolute Gasteiger partial charge is 0.244 e. The Bertz CT molecular complexity index is 425. The molecule has 1 atom stereocenters. The van der Waals surface area contributed by atoms with Gasteiger partial charge in [0.25, 0.3) is 0 Å². The molecule has 1 aliphatic heterocycles. The summed E-state index contributed by atoms with van der Waals surface area (Å²) in [5, 5.41) is 5.51. The van der Waals surface area contributed by atoms with Crippen LogP contribution in [-0.4, -0.2) is 34.4 Å². The van der Waals surface area contributed by atoms with E-state index in [0.29, 0.717) is 13.0 Å². The van der Waals surface area contributed by atoms with Crippen molar-refractivity contribution in [2.45, 2.75) is 18.9 Å². The molecule has 1 aromatic heterocycles. The van der Waals surface area contributed by atoms with E-state index in [-0.39, 0.29) is 17.9 Å². The summed E-state index contributed by atoms with van der Waals surface area (Å²) in [5.41, 5.74) is 0.765. The SMILES string of the molecule is O=C(/C=C/c1cnc[nH]1)NC1CCNC(=O)C1. The van der Waals surface area contributed by atoms with Crippen LogP contribution in [0.5, 0.6) is 0 Å². The molecule has 0 bridgehead atoms. The van der Waals surface area contributed by atoms with Crippen LogP contribution in [0.3, 0.4) is 0 Å². The highest BCUT2D eigenvalue weighted by Crippen LogP contribution is 2.03. The van der Waals surface area contributed by atoms with Gasteiger partial charge in [-0.2, -0.15) is 0 Å². The molecule has 0 aliphatic carbocycles. The molecular weight excluding hydrogens is 220 g/mol. The zero-order valence-electron chi connectivity index (χ0n) is 9.27. The number of rotatable bonds is 3. The molecule has 17 heavy (non-hydrogen) atoms. The molecule has 1 fully saturated rings. The third-order valence-electron chi connectivity index (χ3n) is 2.53. The fourth-order valence-electron chi connectivity index (χ4n) is 1.68. The van der Waals surface area contributed by atoms with Crippen LogP contribution in [0.25, 0.3) is 6.08 Å². The first-order valence-electron chi connectivity index (χ1n) is 5.47. The minimum atomic E-state index is -0.195. The third-order valence-corrected chi connectivity index (χ3v) is 2.53. The van der Waals surface area contributed by atoms with Crippen LogP contribution in [-0.2, 0) is 9.59 Å². The summed E-state index contributed by atoms with van der Waals surface area (Å²) in [5.74, 6) is -0.210. The lowest BCUT2D eigenvalue weighted by molar-refractivity contribution is -0.123. The minimum Gasteiger partial charge on any atom is -0.356 e. The summed E-state index contributed by atoms with van der Waals surface area (Å²) >= 11 is 0. The van der Waals surface area contributed by atoms with Crippen LogP contribution in [0.2, 0.25) is 0 Å². The van der Waals surface area contributed by atoms with Gasteiger partial charge in [-0.3, -0.25) is 9.59 Å². The average molecular weight is 234 g/mol. The number of imidazole rings is 1. The van der Waals surface area contributed by atoms with Crippen LogP contribution in [0.4, 0.5) is 0 Å². The topological polar surface area (TPSA) is 86.9 Å². The van der Waals surface area contributed by atoms with Gasteiger partial charge in [0, 0.05) is 25.1 Å². The highest BCUT2D eigenvalue weighted by Gasteiger charge is 2.19. The molecule has 2 rings (SSSR count). The second kappa shape index (κ2) is 5.29. The average Bonchev–Trinajstić information content (AvgIpc) is 2.79. The first-order valence-corrected chi connectivity index (χ1v) is 5.47. The van der Waals surface area contributed by atoms with Crippen LogP contribution in [0.1, 0.15) is 18.5 Å². The van der Waals surface area contributed by atoms with E-state index in [1.807, 2.05) is 0 Å². The molecule has 90 valence electrons. The number of aromatic nitrogens is 2. The monoisotopic (exact) mass is 234 g/mol. The van der Waals surface area contributed by atoms with Gasteiger partial charge in [-0.15, -0.1) is 0 Å². The summed E-state index contributed by atoms with van der Waals surface area (Å²) in [6.45, 7) is 0.619. The highest BCUT2D eigenvalue weighted by molar-refractivity contribution is 5.92. The van der Waals surface area contributed by atoms with Gasteiger partial charge < -0.3 is 15.6 Å². The molecule has 0 aromatic carbocycles. The molecule has 1 unspecified atom stereocenters. The lowest BCUT2D eigenvalue weighted by atomic mass is 10.1. The van der Waals surface area contributed by atoms with Crippen LogP contribution >= 0.6 is 0 Å². The van der Waals surface area contributed by atoms with Crippen molar-refractivity contribution in [1.82, 2.24) is 20.6 Å². The third kappa shape index (κ3) is 3.44. The van der Waals surface area contributed by atoms with Crippen molar-refractivity contribution in [3.8, 4) is 0 Å². The molecule has 6 nitrogen and oxygen atoms in total. The first-order chi connectivity index (χ1) is 8.24. The maximum atomic E-state index is 11.5. The number of piperidine rings is 1. The number of nitrogens with one attached hydrogen (secondary N) is 3. The molecule has 0 spiro atoms. The van der Waals surface area contributed by atoms with Gasteiger partial charge in [-0.1, -0.05) is 0 Å². The van der Waals surface area contributed by atoms with Crippen molar-refractivity contribution < 1.29 is 9.59 Å². The van der Waals surface area contributed by atoms with Crippen LogP contribution in [0.15, 0.2) is 18.6 Å². The Hall–Kier alpha value is -2.11. The Morgan fingerprint density at radius 2 is 2.47 bits per heavy atom. The number of hydrogen-bond donors (Lipinski definition) is 3. The molecule has 1 saturated heterocycles. The van der Waals surface area contributed by atoms with Crippen molar-refractivity contribution in [3.63, 3.8) is 0 Å². The lowest BCUT2D eigenvalue weighted by Gasteiger charge is -2.22. The van der Waals surface area contributed by atoms with E-state index in [4.69, 9.17) is 0 Å². The van der Waals surface area contributed by atoms with Gasteiger partial charge in [0.2, 0.25) is 11.8 Å². The Morgan fingerprint density at radius 3 is 3.18 bits per heavy atom. The minimum absolute atomic E-state index is 0.0147. The fourth-order valence-corrected chi connectivity index (χ4v) is 1.68. The van der Waals surface area contributed by atoms with E-state index in [1.165, 1.54) is 6.08 Å². The van der Waals surface area contributed by atoms with Crippen molar-refractivity contribution in [2.24, 2.45) is 0 Å². The van der Waals surface area contributed by atoms with E-state index >= 15 is 0 Å². The van der Waals surface area contributed by atoms with Gasteiger partial charge in [0.05, 0.1) is 18.2 Å². The largest absolute Gasteiger partial charge is 0.356 e. The van der Waals surface area contributed by atoms with Crippen LogP contribution < -0.4 is 10.6 Å². The second-order valence-corrected chi connectivity index (χ2v) is 3.89. The van der Waals surface area contributed by atoms with E-state index in [0.717, 1.165) is 12.1 Å². The Balaban J connectivity index is 1.82. The normalized spacial score (nSPS) is 20.2. The van der Waals surface area contributed by atoms with E-state index in [2.05, 4.69) is 20.6 Å². The van der Waals surface area contributed by atoms with Gasteiger partial charge >= 0.3 is 0 Å². The molecule has 2 amide bonds. The number of aromatic amines is 1. The molecule has 1 aliphatic rings. The summed E-state index contributed by atoms with van der Waals surface area (Å²) in [7, 11) is 0. The quantitative estimate of drug-likeness (QED) is 0.634. The summed E-state index contributed by atoms with van der Waals surface area (Å²) in [6.07, 6.45) is 7.37. The standard InChI is InChI=1S/C11H14N4O2/c16-10(2-1-9-6-12-7-14-9)15-8-3-4-13-11(17)5-8/h1-2,6-8H,3-5H2,(H,12,14)(H,13,17)(H,15,16)/b2-1+. The molecule has 1 aromatic rings. The Labute approximate surface area is 98.5 Å². The zero-order valence-corrected chi connectivity index (χ0v) is 9.27. The number of nitrogens with zero attached hydrogens (tertiary/aromatic N) is 1. The first kappa shape index (κ1) is 11.4. The molecular formula is C11H14N4O2. The van der Waals surface area contributed by atoms with Gasteiger partial charge in [-0.05, 0) is 12.5 Å². The number of amides is 2. The van der Waals surface area contributed by atoms with E-state index < -0.39 is 0 Å². The number of H-pyrrole nitrogens is 1. The maximum Gasteiger partial charge on any atom is 0.244 e. The van der Waals surface area contributed by atoms with Crippen LogP contribution in [0, 0.1) is 0 Å². The molecule has 0 radical (unpaired) electrons. The van der Waals surface area contributed by atoms with Gasteiger partial charge in [0.15, 0.2) is 0 Å². The predicted octanol–water partition coefficient (Wildman–Crippen LogP) is -0.182. The fraction of sp³-hybridized carbons (Fsp3) is 0.364. The van der Waals surface area contributed by atoms with Gasteiger partial charge in [-0.25, -0.2) is 4.98 Å². The molecule has 2 heterocycles. The maximum absolute atomic E-state index is 11.5. The second-order valence-electron chi connectivity index (χ2n) is 3.89. The summed E-state index contributed by atoms with van der Waals surface area (Å²) in [6, 6.07) is -0.0670. The highest BCUT2D eigenvalue weighted by atomic mass is 16.2. The van der Waals surface area contributed by atoms with Crippen molar-refractivity contribution >= 4 is 17.9 Å². The molecule has 0 saturated carbocycles.